The molecular formula is C21H27N. The Morgan fingerprint density at radius 3 is 2.00 bits per heavy atom. The third kappa shape index (κ3) is 2.83. The number of nitrogens with two attached hydrogens (primary N) is 1. The summed E-state index contributed by atoms with van der Waals surface area (Å²) < 4.78 is 0. The highest BCUT2D eigenvalue weighted by Gasteiger charge is 2.43. The van der Waals surface area contributed by atoms with Crippen LogP contribution in [0.2, 0.25) is 0 Å². The second kappa shape index (κ2) is 6.26. The van der Waals surface area contributed by atoms with Gasteiger partial charge in [0.2, 0.25) is 0 Å². The lowest BCUT2D eigenvalue weighted by atomic mass is 9.59. The van der Waals surface area contributed by atoms with Crippen LogP contribution in [0.25, 0.3) is 11.1 Å². The first kappa shape index (κ1) is 15.3. The molecule has 1 aliphatic rings. The third-order valence-electron chi connectivity index (χ3n) is 5.25. The van der Waals surface area contributed by atoms with Gasteiger partial charge in [0.05, 0.1) is 0 Å². The highest BCUT2D eigenvalue weighted by atomic mass is 14.7. The van der Waals surface area contributed by atoms with E-state index in [9.17, 15) is 0 Å². The average Bonchev–Trinajstić information content (AvgIpc) is 2.47. The summed E-state index contributed by atoms with van der Waals surface area (Å²) in [7, 11) is 0. The fourth-order valence-electron chi connectivity index (χ4n) is 3.79. The molecule has 0 heterocycles. The van der Waals surface area contributed by atoms with Crippen LogP contribution in [0.4, 0.5) is 0 Å². The molecule has 1 fully saturated rings. The summed E-state index contributed by atoms with van der Waals surface area (Å²) in [6.45, 7) is 4.54. The van der Waals surface area contributed by atoms with E-state index in [1.165, 1.54) is 36.0 Å². The third-order valence-corrected chi connectivity index (χ3v) is 5.25. The molecule has 22 heavy (non-hydrogen) atoms. The van der Waals surface area contributed by atoms with Gasteiger partial charge in [-0.1, -0.05) is 74.9 Å². The standard InChI is InChI=1S/C21H27N/c1-16(2)15-20(22)21(13-6-14-21)19-11-9-18(10-12-19)17-7-4-3-5-8-17/h3-5,7-12,16,20H,6,13-15,22H2,1-2H3. The second-order valence-electron chi connectivity index (χ2n) is 7.19. The van der Waals surface area contributed by atoms with Crippen LogP contribution < -0.4 is 5.73 Å². The maximum absolute atomic E-state index is 6.60. The maximum Gasteiger partial charge on any atom is 0.0139 e. The Morgan fingerprint density at radius 1 is 0.909 bits per heavy atom. The van der Waals surface area contributed by atoms with Crippen LogP contribution in [0.15, 0.2) is 54.6 Å². The van der Waals surface area contributed by atoms with Gasteiger partial charge in [-0.05, 0) is 41.9 Å². The summed E-state index contributed by atoms with van der Waals surface area (Å²) in [4.78, 5) is 0. The minimum absolute atomic E-state index is 0.222. The van der Waals surface area contributed by atoms with E-state index in [2.05, 4.69) is 68.4 Å². The molecule has 0 aromatic heterocycles. The van der Waals surface area contributed by atoms with Gasteiger partial charge in [-0.15, -0.1) is 0 Å². The first-order valence-electron chi connectivity index (χ1n) is 8.53. The molecule has 0 amide bonds. The molecule has 0 saturated heterocycles. The van der Waals surface area contributed by atoms with Gasteiger partial charge in [-0.2, -0.15) is 0 Å². The zero-order valence-corrected chi connectivity index (χ0v) is 13.8. The Hall–Kier alpha value is -1.60. The zero-order valence-electron chi connectivity index (χ0n) is 13.8. The molecule has 2 aromatic carbocycles. The van der Waals surface area contributed by atoms with Crippen LogP contribution in [0, 0.1) is 5.92 Å². The molecule has 1 unspecified atom stereocenters. The summed E-state index contributed by atoms with van der Waals surface area (Å²) in [5, 5.41) is 0. The smallest absolute Gasteiger partial charge is 0.0139 e. The van der Waals surface area contributed by atoms with Crippen molar-refractivity contribution in [2.75, 3.05) is 0 Å². The van der Waals surface area contributed by atoms with Crippen molar-refractivity contribution >= 4 is 0 Å². The van der Waals surface area contributed by atoms with Gasteiger partial charge < -0.3 is 5.73 Å². The fraction of sp³-hybridized carbons (Fsp3) is 0.429. The van der Waals surface area contributed by atoms with Crippen LogP contribution in [-0.4, -0.2) is 6.04 Å². The molecule has 0 spiro atoms. The van der Waals surface area contributed by atoms with Crippen molar-refractivity contribution in [2.45, 2.75) is 51.0 Å². The van der Waals surface area contributed by atoms with Crippen LogP contribution >= 0.6 is 0 Å². The minimum Gasteiger partial charge on any atom is -0.327 e. The van der Waals surface area contributed by atoms with Crippen molar-refractivity contribution < 1.29 is 0 Å². The van der Waals surface area contributed by atoms with Crippen molar-refractivity contribution in [2.24, 2.45) is 11.7 Å². The predicted molar refractivity (Wildman–Crippen MR) is 94.8 cm³/mol. The Balaban J connectivity index is 1.85. The van der Waals surface area contributed by atoms with E-state index in [0.29, 0.717) is 5.92 Å². The highest BCUT2D eigenvalue weighted by molar-refractivity contribution is 5.63. The summed E-state index contributed by atoms with van der Waals surface area (Å²) in [5.74, 6) is 0.663. The van der Waals surface area contributed by atoms with E-state index in [-0.39, 0.29) is 11.5 Å². The molecule has 0 radical (unpaired) electrons. The topological polar surface area (TPSA) is 26.0 Å². The Morgan fingerprint density at radius 2 is 1.50 bits per heavy atom. The molecule has 1 atom stereocenters. The summed E-state index contributed by atoms with van der Waals surface area (Å²) in [6, 6.07) is 20.0. The van der Waals surface area contributed by atoms with Crippen molar-refractivity contribution in [3.63, 3.8) is 0 Å². The van der Waals surface area contributed by atoms with Gasteiger partial charge in [0.1, 0.15) is 0 Å². The van der Waals surface area contributed by atoms with Crippen molar-refractivity contribution in [1.82, 2.24) is 0 Å². The molecule has 1 aliphatic carbocycles. The molecule has 2 N–H and O–H groups in total. The van der Waals surface area contributed by atoms with Gasteiger partial charge >= 0.3 is 0 Å². The molecular weight excluding hydrogens is 266 g/mol. The highest BCUT2D eigenvalue weighted by Crippen LogP contribution is 2.47. The Labute approximate surface area is 134 Å². The number of benzene rings is 2. The average molecular weight is 293 g/mol. The van der Waals surface area contributed by atoms with Gasteiger partial charge in [0.25, 0.3) is 0 Å². The van der Waals surface area contributed by atoms with Crippen LogP contribution in [-0.2, 0) is 5.41 Å². The summed E-state index contributed by atoms with van der Waals surface area (Å²) in [5.41, 5.74) is 10.8. The summed E-state index contributed by atoms with van der Waals surface area (Å²) >= 11 is 0. The molecule has 2 aromatic rings. The van der Waals surface area contributed by atoms with E-state index >= 15 is 0 Å². The first-order valence-corrected chi connectivity index (χ1v) is 8.53. The number of hydrogen-bond acceptors (Lipinski definition) is 1. The molecule has 3 rings (SSSR count). The number of hydrogen-bond donors (Lipinski definition) is 1. The number of rotatable bonds is 5. The first-order chi connectivity index (χ1) is 10.6. The minimum atomic E-state index is 0.222. The predicted octanol–water partition coefficient (Wildman–Crippen LogP) is 5.15. The zero-order chi connectivity index (χ0) is 15.6. The van der Waals surface area contributed by atoms with Crippen molar-refractivity contribution in [3.05, 3.63) is 60.2 Å². The molecule has 0 bridgehead atoms. The Bertz CT molecular complexity index is 594. The molecule has 1 saturated carbocycles. The van der Waals surface area contributed by atoms with Gasteiger partial charge in [-0.3, -0.25) is 0 Å². The van der Waals surface area contributed by atoms with E-state index in [1.54, 1.807) is 0 Å². The van der Waals surface area contributed by atoms with Crippen molar-refractivity contribution in [1.29, 1.82) is 0 Å². The Kier molecular flexibility index (Phi) is 4.35. The van der Waals surface area contributed by atoms with Gasteiger partial charge in [-0.25, -0.2) is 0 Å². The quantitative estimate of drug-likeness (QED) is 0.810. The summed E-state index contributed by atoms with van der Waals surface area (Å²) in [6.07, 6.45) is 4.91. The lowest BCUT2D eigenvalue weighted by molar-refractivity contribution is 0.178. The van der Waals surface area contributed by atoms with Crippen LogP contribution in [0.5, 0.6) is 0 Å². The molecule has 0 aliphatic heterocycles. The van der Waals surface area contributed by atoms with Gasteiger partial charge in [0, 0.05) is 11.5 Å². The molecule has 116 valence electrons. The largest absolute Gasteiger partial charge is 0.327 e. The SMILES string of the molecule is CC(C)CC(N)C1(c2ccc(-c3ccccc3)cc2)CCC1. The lowest BCUT2D eigenvalue weighted by Crippen LogP contribution is -2.50. The molecule has 1 heteroatoms. The van der Waals surface area contributed by atoms with Crippen LogP contribution in [0.1, 0.15) is 45.1 Å². The molecule has 1 nitrogen and oxygen atoms in total. The van der Waals surface area contributed by atoms with E-state index in [0.717, 1.165) is 6.42 Å². The van der Waals surface area contributed by atoms with Crippen LogP contribution in [0.3, 0.4) is 0 Å². The fourth-order valence-corrected chi connectivity index (χ4v) is 3.79. The van der Waals surface area contributed by atoms with Crippen molar-refractivity contribution in [3.8, 4) is 11.1 Å². The lowest BCUT2D eigenvalue weighted by Gasteiger charge is -2.47. The second-order valence-corrected chi connectivity index (χ2v) is 7.19. The maximum atomic E-state index is 6.60. The normalized spacial score (nSPS) is 18.0. The van der Waals surface area contributed by atoms with E-state index < -0.39 is 0 Å². The van der Waals surface area contributed by atoms with E-state index in [1.807, 2.05) is 0 Å². The monoisotopic (exact) mass is 293 g/mol. The van der Waals surface area contributed by atoms with E-state index in [4.69, 9.17) is 5.73 Å². The van der Waals surface area contributed by atoms with Gasteiger partial charge in [0.15, 0.2) is 0 Å².